The molecule has 0 aromatic heterocycles. The Morgan fingerprint density at radius 3 is 2.52 bits per heavy atom. The standard InChI is InChI=1S/C20H24N2O4S/c1-26-15-16-9-11-18(12-10-16)21-20(23)17-6-5-13-22(14-17)27(24,25)19-7-3-2-4-8-19/h2-4,7-12,17H,5-6,13-15H2,1H3,(H,21,23)/t17-/m1/s1. The van der Waals surface area contributed by atoms with Gasteiger partial charge >= 0.3 is 0 Å². The van der Waals surface area contributed by atoms with Crippen LogP contribution in [0.5, 0.6) is 0 Å². The number of carbonyl (C=O) groups is 1. The van der Waals surface area contributed by atoms with Crippen LogP contribution in [0.2, 0.25) is 0 Å². The van der Waals surface area contributed by atoms with Crippen LogP contribution in [0.4, 0.5) is 5.69 Å². The molecule has 0 saturated carbocycles. The van der Waals surface area contributed by atoms with E-state index in [2.05, 4.69) is 5.32 Å². The normalized spacial score (nSPS) is 18.2. The number of nitrogens with one attached hydrogen (secondary N) is 1. The van der Waals surface area contributed by atoms with Crippen LogP contribution in [0.3, 0.4) is 0 Å². The van der Waals surface area contributed by atoms with Crippen molar-refractivity contribution in [1.29, 1.82) is 0 Å². The highest BCUT2D eigenvalue weighted by Crippen LogP contribution is 2.24. The summed E-state index contributed by atoms with van der Waals surface area (Å²) in [6, 6.07) is 15.8. The number of anilines is 1. The molecule has 0 radical (unpaired) electrons. The molecule has 2 aromatic carbocycles. The van der Waals surface area contributed by atoms with E-state index in [0.29, 0.717) is 31.7 Å². The van der Waals surface area contributed by atoms with Crippen molar-refractivity contribution in [3.05, 3.63) is 60.2 Å². The van der Waals surface area contributed by atoms with E-state index < -0.39 is 10.0 Å². The van der Waals surface area contributed by atoms with Gasteiger partial charge in [0.25, 0.3) is 0 Å². The van der Waals surface area contributed by atoms with Gasteiger partial charge in [-0.2, -0.15) is 4.31 Å². The smallest absolute Gasteiger partial charge is 0.243 e. The number of ether oxygens (including phenoxy) is 1. The van der Waals surface area contributed by atoms with Crippen LogP contribution < -0.4 is 5.32 Å². The Bertz CT molecular complexity index is 867. The average Bonchev–Trinajstić information content (AvgIpc) is 2.70. The summed E-state index contributed by atoms with van der Waals surface area (Å²) in [7, 11) is -1.94. The highest BCUT2D eigenvalue weighted by atomic mass is 32.2. The molecule has 0 unspecified atom stereocenters. The van der Waals surface area contributed by atoms with E-state index in [1.165, 1.54) is 4.31 Å². The Kier molecular flexibility index (Phi) is 6.26. The maximum atomic E-state index is 12.8. The molecule has 1 aliphatic rings. The molecule has 0 aliphatic carbocycles. The molecule has 27 heavy (non-hydrogen) atoms. The fraction of sp³-hybridized carbons (Fsp3) is 0.350. The highest BCUT2D eigenvalue weighted by Gasteiger charge is 2.33. The van der Waals surface area contributed by atoms with E-state index in [1.54, 1.807) is 37.4 Å². The number of rotatable bonds is 6. The zero-order chi connectivity index (χ0) is 19.3. The highest BCUT2D eigenvalue weighted by molar-refractivity contribution is 7.89. The number of amides is 1. The van der Waals surface area contributed by atoms with Gasteiger partial charge in [0.2, 0.25) is 15.9 Å². The summed E-state index contributed by atoms with van der Waals surface area (Å²) in [5, 5.41) is 2.89. The summed E-state index contributed by atoms with van der Waals surface area (Å²) in [5.74, 6) is -0.515. The summed E-state index contributed by atoms with van der Waals surface area (Å²) in [6.07, 6.45) is 1.34. The van der Waals surface area contributed by atoms with Gasteiger partial charge in [-0.05, 0) is 42.7 Å². The topological polar surface area (TPSA) is 75.7 Å². The van der Waals surface area contributed by atoms with Gasteiger partial charge < -0.3 is 10.1 Å². The van der Waals surface area contributed by atoms with E-state index >= 15 is 0 Å². The maximum absolute atomic E-state index is 12.8. The lowest BCUT2D eigenvalue weighted by Gasteiger charge is -2.31. The number of piperidine rings is 1. The van der Waals surface area contributed by atoms with Crippen molar-refractivity contribution < 1.29 is 17.9 Å². The van der Waals surface area contributed by atoms with Gasteiger partial charge in [-0.15, -0.1) is 0 Å². The number of hydrogen-bond acceptors (Lipinski definition) is 4. The Morgan fingerprint density at radius 2 is 1.85 bits per heavy atom. The third-order valence-corrected chi connectivity index (χ3v) is 6.55. The lowest BCUT2D eigenvalue weighted by atomic mass is 9.98. The lowest BCUT2D eigenvalue weighted by molar-refractivity contribution is -0.120. The summed E-state index contributed by atoms with van der Waals surface area (Å²) >= 11 is 0. The minimum Gasteiger partial charge on any atom is -0.380 e. The average molecular weight is 388 g/mol. The zero-order valence-corrected chi connectivity index (χ0v) is 16.1. The number of hydrogen-bond donors (Lipinski definition) is 1. The van der Waals surface area contributed by atoms with Crippen LogP contribution in [0.1, 0.15) is 18.4 Å². The van der Waals surface area contributed by atoms with Crippen molar-refractivity contribution in [3.8, 4) is 0 Å². The van der Waals surface area contributed by atoms with Gasteiger partial charge in [0.1, 0.15) is 0 Å². The molecule has 1 amide bonds. The molecule has 144 valence electrons. The van der Waals surface area contributed by atoms with Crippen LogP contribution in [0.15, 0.2) is 59.5 Å². The second kappa shape index (κ2) is 8.65. The second-order valence-electron chi connectivity index (χ2n) is 6.63. The minimum absolute atomic E-state index is 0.151. The van der Waals surface area contributed by atoms with Crippen molar-refractivity contribution in [2.24, 2.45) is 5.92 Å². The quantitative estimate of drug-likeness (QED) is 0.826. The Balaban J connectivity index is 1.66. The third-order valence-electron chi connectivity index (χ3n) is 4.67. The molecule has 7 heteroatoms. The van der Waals surface area contributed by atoms with Crippen molar-refractivity contribution in [2.75, 3.05) is 25.5 Å². The van der Waals surface area contributed by atoms with Gasteiger partial charge in [0.05, 0.1) is 17.4 Å². The van der Waals surface area contributed by atoms with Crippen molar-refractivity contribution >= 4 is 21.6 Å². The molecule has 1 fully saturated rings. The van der Waals surface area contributed by atoms with E-state index in [-0.39, 0.29) is 23.3 Å². The molecule has 3 rings (SSSR count). The summed E-state index contributed by atoms with van der Waals surface area (Å²) in [5.41, 5.74) is 1.72. The van der Waals surface area contributed by atoms with E-state index in [9.17, 15) is 13.2 Å². The first-order valence-electron chi connectivity index (χ1n) is 8.94. The fourth-order valence-corrected chi connectivity index (χ4v) is 4.76. The predicted octanol–water partition coefficient (Wildman–Crippen LogP) is 2.87. The lowest BCUT2D eigenvalue weighted by Crippen LogP contribution is -2.43. The van der Waals surface area contributed by atoms with Crippen LogP contribution in [-0.2, 0) is 26.2 Å². The molecule has 1 saturated heterocycles. The fourth-order valence-electron chi connectivity index (χ4n) is 3.21. The molecule has 1 atom stereocenters. The Morgan fingerprint density at radius 1 is 1.15 bits per heavy atom. The zero-order valence-electron chi connectivity index (χ0n) is 15.3. The Labute approximate surface area is 160 Å². The predicted molar refractivity (Wildman–Crippen MR) is 104 cm³/mol. The first kappa shape index (κ1) is 19.5. The van der Waals surface area contributed by atoms with Gasteiger partial charge in [0.15, 0.2) is 0 Å². The van der Waals surface area contributed by atoms with Crippen molar-refractivity contribution in [2.45, 2.75) is 24.3 Å². The van der Waals surface area contributed by atoms with E-state index in [4.69, 9.17) is 4.74 Å². The minimum atomic E-state index is -3.57. The number of methoxy groups -OCH3 is 1. The van der Waals surface area contributed by atoms with E-state index in [1.807, 2.05) is 24.3 Å². The molecule has 1 aliphatic heterocycles. The number of benzene rings is 2. The van der Waals surface area contributed by atoms with Gasteiger partial charge in [-0.3, -0.25) is 4.79 Å². The molecule has 1 N–H and O–H groups in total. The number of sulfonamides is 1. The van der Waals surface area contributed by atoms with Crippen LogP contribution in [0, 0.1) is 5.92 Å². The van der Waals surface area contributed by atoms with Crippen LogP contribution >= 0.6 is 0 Å². The molecule has 0 spiro atoms. The number of nitrogens with zero attached hydrogens (tertiary/aromatic N) is 1. The van der Waals surface area contributed by atoms with Crippen LogP contribution in [-0.4, -0.2) is 38.8 Å². The molecular formula is C20H24N2O4S. The Hall–Kier alpha value is -2.22. The molecule has 1 heterocycles. The third kappa shape index (κ3) is 4.74. The van der Waals surface area contributed by atoms with Crippen LogP contribution in [0.25, 0.3) is 0 Å². The van der Waals surface area contributed by atoms with Gasteiger partial charge in [-0.1, -0.05) is 30.3 Å². The van der Waals surface area contributed by atoms with Gasteiger partial charge in [0, 0.05) is 25.9 Å². The second-order valence-corrected chi connectivity index (χ2v) is 8.57. The molecular weight excluding hydrogens is 364 g/mol. The van der Waals surface area contributed by atoms with Crippen molar-refractivity contribution in [3.63, 3.8) is 0 Å². The number of carbonyl (C=O) groups excluding carboxylic acids is 1. The molecule has 2 aromatic rings. The summed E-state index contributed by atoms with van der Waals surface area (Å²) < 4.78 is 32.1. The maximum Gasteiger partial charge on any atom is 0.243 e. The largest absolute Gasteiger partial charge is 0.380 e. The summed E-state index contributed by atoms with van der Waals surface area (Å²) in [6.45, 7) is 1.15. The molecule has 6 nitrogen and oxygen atoms in total. The van der Waals surface area contributed by atoms with E-state index in [0.717, 1.165) is 5.56 Å². The summed E-state index contributed by atoms with van der Waals surface area (Å²) in [4.78, 5) is 12.9. The first-order valence-corrected chi connectivity index (χ1v) is 10.4. The monoisotopic (exact) mass is 388 g/mol. The SMILES string of the molecule is COCc1ccc(NC(=O)[C@@H]2CCCN(S(=O)(=O)c3ccccc3)C2)cc1. The van der Waals surface area contributed by atoms with Gasteiger partial charge in [-0.25, -0.2) is 8.42 Å². The first-order chi connectivity index (χ1) is 13.0. The molecule has 0 bridgehead atoms. The van der Waals surface area contributed by atoms with Crippen molar-refractivity contribution in [1.82, 2.24) is 4.31 Å².